The van der Waals surface area contributed by atoms with Crippen molar-refractivity contribution < 1.29 is 27.5 Å². The first kappa shape index (κ1) is 34.4. The minimum atomic E-state index is -3.85. The lowest BCUT2D eigenvalue weighted by Gasteiger charge is -2.35. The molecule has 1 unspecified atom stereocenters. The Morgan fingerprint density at radius 3 is 2.68 bits per heavy atom. The van der Waals surface area contributed by atoms with Crippen molar-refractivity contribution >= 4 is 55.0 Å². The van der Waals surface area contributed by atoms with Crippen LogP contribution in [0.25, 0.3) is 10.8 Å². The second kappa shape index (κ2) is 12.9. The molecule has 3 amide bonds. The molecule has 7 rings (SSSR count). The van der Waals surface area contributed by atoms with Crippen molar-refractivity contribution in [3.8, 4) is 5.88 Å². The van der Waals surface area contributed by atoms with Crippen LogP contribution in [0, 0.1) is 11.3 Å². The average molecular weight is 721 g/mol. The fourth-order valence-electron chi connectivity index (χ4n) is 7.05. The molecule has 4 heterocycles. The van der Waals surface area contributed by atoms with E-state index in [4.69, 9.17) is 9.72 Å². The van der Waals surface area contributed by atoms with E-state index in [1.54, 1.807) is 12.3 Å². The molecule has 2 aromatic heterocycles. The van der Waals surface area contributed by atoms with Crippen LogP contribution in [-0.4, -0.2) is 76.5 Å². The Hall–Kier alpha value is -4.04. The van der Waals surface area contributed by atoms with Crippen LogP contribution in [0.5, 0.6) is 5.88 Å². The number of ether oxygens (including phenoxy) is 1. The molecule has 0 spiro atoms. The molecule has 14 heteroatoms. The number of aromatic nitrogens is 2. The van der Waals surface area contributed by atoms with E-state index in [1.807, 2.05) is 32.2 Å². The van der Waals surface area contributed by atoms with Gasteiger partial charge in [0.15, 0.2) is 5.13 Å². The summed E-state index contributed by atoms with van der Waals surface area (Å²) in [4.78, 5) is 53.3. The van der Waals surface area contributed by atoms with E-state index >= 15 is 0 Å². The molecule has 3 aromatic rings. The average Bonchev–Trinajstić information content (AvgIpc) is 3.96. The van der Waals surface area contributed by atoms with Gasteiger partial charge >= 0.3 is 0 Å². The summed E-state index contributed by atoms with van der Waals surface area (Å²) in [5.41, 5.74) is 0.0796. The smallest absolute Gasteiger partial charge is 0.259 e. The highest BCUT2D eigenvalue weighted by Gasteiger charge is 2.62. The highest BCUT2D eigenvalue weighted by Crippen LogP contribution is 2.45. The lowest BCUT2D eigenvalue weighted by Crippen LogP contribution is -2.58. The first-order valence-electron chi connectivity index (χ1n) is 17.3. The van der Waals surface area contributed by atoms with E-state index in [0.717, 1.165) is 42.1 Å². The Bertz CT molecular complexity index is 1950. The number of pyridine rings is 1. The maximum Gasteiger partial charge on any atom is 0.259 e. The summed E-state index contributed by atoms with van der Waals surface area (Å²) >= 11 is 1.45. The fourth-order valence-corrected chi connectivity index (χ4v) is 9.19. The number of carbonyl (C=O) groups is 3. The third-order valence-electron chi connectivity index (χ3n) is 10.3. The van der Waals surface area contributed by atoms with Crippen molar-refractivity contribution in [1.29, 1.82) is 0 Å². The second-order valence-corrected chi connectivity index (χ2v) is 17.9. The van der Waals surface area contributed by atoms with Crippen LogP contribution in [0.2, 0.25) is 0 Å². The Morgan fingerprint density at radius 2 is 1.96 bits per heavy atom. The summed E-state index contributed by atoms with van der Waals surface area (Å²) in [6, 6.07) is 6.46. The summed E-state index contributed by atoms with van der Waals surface area (Å²) in [5, 5.41) is 10.1. The lowest BCUT2D eigenvalue weighted by molar-refractivity contribution is -0.141. The van der Waals surface area contributed by atoms with Crippen LogP contribution in [0.3, 0.4) is 0 Å². The van der Waals surface area contributed by atoms with Gasteiger partial charge in [0.2, 0.25) is 27.7 Å². The number of carbonyl (C=O) groups excluding carboxylic acids is 3. The van der Waals surface area contributed by atoms with Gasteiger partial charge in [0.05, 0.1) is 17.5 Å². The molecule has 2 saturated carbocycles. The molecule has 266 valence electrons. The van der Waals surface area contributed by atoms with E-state index in [0.29, 0.717) is 23.9 Å². The van der Waals surface area contributed by atoms with E-state index in [2.05, 4.69) is 45.1 Å². The third-order valence-corrected chi connectivity index (χ3v) is 12.9. The monoisotopic (exact) mass is 720 g/mol. The first-order valence-corrected chi connectivity index (χ1v) is 19.8. The number of nitrogens with one attached hydrogen (secondary N) is 3. The molecule has 50 heavy (non-hydrogen) atoms. The lowest BCUT2D eigenvalue weighted by atomic mass is 9.85. The summed E-state index contributed by atoms with van der Waals surface area (Å²) in [6.07, 6.45) is 7.63. The number of anilines is 1. The number of fused-ring (bicyclic) bond motifs is 5. The zero-order valence-corrected chi connectivity index (χ0v) is 30.2. The molecule has 4 aliphatic rings. The minimum Gasteiger partial charge on any atom is -0.472 e. The summed E-state index contributed by atoms with van der Waals surface area (Å²) in [5.74, 6) is -1.68. The SMILES string of the molecule is C=C[C@@H]1C[C@]1(NC(=O)[C@@H]1C[C@@H]2CN1C(=O)C(C(C)(C)C)Nc1nc(cs1)CCCCc1ccc3ccnc(c3c1)O2)C(=O)NS(=O)(=O)C1CC1. The number of benzene rings is 1. The van der Waals surface area contributed by atoms with Crippen LogP contribution in [0.4, 0.5) is 5.13 Å². The Kier molecular flexibility index (Phi) is 8.90. The Labute approximate surface area is 296 Å². The topological polar surface area (TPSA) is 160 Å². The first-order chi connectivity index (χ1) is 23.8. The van der Waals surface area contributed by atoms with Gasteiger partial charge in [-0.15, -0.1) is 17.9 Å². The predicted molar refractivity (Wildman–Crippen MR) is 191 cm³/mol. The quantitative estimate of drug-likeness (QED) is 0.319. The molecule has 2 aliphatic heterocycles. The molecule has 2 aliphatic carbocycles. The van der Waals surface area contributed by atoms with Gasteiger partial charge in [-0.2, -0.15) is 0 Å². The summed E-state index contributed by atoms with van der Waals surface area (Å²) < 4.78 is 34.1. The van der Waals surface area contributed by atoms with E-state index in [9.17, 15) is 22.8 Å². The molecular formula is C36H44N6O6S2. The number of nitrogens with zero attached hydrogens (tertiary/aromatic N) is 3. The molecule has 1 aromatic carbocycles. The normalized spacial score (nSPS) is 27.1. The van der Waals surface area contributed by atoms with Crippen LogP contribution >= 0.6 is 11.3 Å². The molecule has 6 bridgehead atoms. The van der Waals surface area contributed by atoms with Crippen LogP contribution in [0.15, 0.2) is 48.5 Å². The van der Waals surface area contributed by atoms with Crippen molar-refractivity contribution in [2.24, 2.45) is 11.3 Å². The maximum atomic E-state index is 14.6. The summed E-state index contributed by atoms with van der Waals surface area (Å²) in [7, 11) is -3.85. The predicted octanol–water partition coefficient (Wildman–Crippen LogP) is 4.11. The van der Waals surface area contributed by atoms with Gasteiger partial charge in [0.1, 0.15) is 23.7 Å². The number of hydrogen-bond acceptors (Lipinski definition) is 10. The minimum absolute atomic E-state index is 0.103. The van der Waals surface area contributed by atoms with Gasteiger partial charge in [-0.25, -0.2) is 18.4 Å². The van der Waals surface area contributed by atoms with E-state index in [1.165, 1.54) is 21.8 Å². The standard InChI is InChI=1S/C36H44N6O6S2/c1-5-23-18-36(23,33(45)41-50(46,47)26-12-13-26)40-30(43)28-17-25-19-42(28)32(44)29(35(2,3)4)39-34-38-24(20-49-34)9-7-6-8-21-10-11-22-14-15-37-31(48-25)27(22)16-21/h5,10-11,14-16,20,23,25-26,28-29H,1,6-9,12-13,17-19H2,2-4H3,(H,38,39)(H,40,43)(H,41,45)/t23-,25-,28+,29?,36-/m1/s1. The van der Waals surface area contributed by atoms with Crippen molar-refractivity contribution in [3.63, 3.8) is 0 Å². The third kappa shape index (κ3) is 6.83. The van der Waals surface area contributed by atoms with Crippen LogP contribution in [0.1, 0.15) is 70.6 Å². The van der Waals surface area contributed by atoms with Gasteiger partial charge < -0.3 is 20.3 Å². The Balaban J connectivity index is 1.23. The summed E-state index contributed by atoms with van der Waals surface area (Å²) in [6.45, 7) is 9.78. The zero-order valence-electron chi connectivity index (χ0n) is 28.6. The largest absolute Gasteiger partial charge is 0.472 e. The Morgan fingerprint density at radius 1 is 1.18 bits per heavy atom. The highest BCUT2D eigenvalue weighted by molar-refractivity contribution is 7.91. The van der Waals surface area contributed by atoms with Gasteiger partial charge in [-0.05, 0) is 73.4 Å². The van der Waals surface area contributed by atoms with Gasteiger partial charge in [-0.3, -0.25) is 19.1 Å². The van der Waals surface area contributed by atoms with Crippen molar-refractivity contribution in [3.05, 3.63) is 59.8 Å². The van der Waals surface area contributed by atoms with Crippen LogP contribution < -0.4 is 20.1 Å². The van der Waals surface area contributed by atoms with Gasteiger partial charge in [0, 0.05) is 29.3 Å². The van der Waals surface area contributed by atoms with Gasteiger partial charge in [0.25, 0.3) is 5.91 Å². The number of rotatable bonds is 6. The number of thiazole rings is 1. The molecule has 1 saturated heterocycles. The molecule has 12 nitrogen and oxygen atoms in total. The van der Waals surface area contributed by atoms with Crippen molar-refractivity contribution in [2.75, 3.05) is 11.9 Å². The number of amides is 3. The molecule has 3 N–H and O–H groups in total. The number of sulfonamides is 1. The molecule has 5 atom stereocenters. The van der Waals surface area contributed by atoms with Crippen molar-refractivity contribution in [1.82, 2.24) is 24.9 Å². The molecule has 3 fully saturated rings. The molecular weight excluding hydrogens is 677 g/mol. The van der Waals surface area contributed by atoms with Crippen molar-refractivity contribution in [2.45, 2.75) is 101 Å². The number of hydrogen-bond donors (Lipinski definition) is 3. The highest BCUT2D eigenvalue weighted by atomic mass is 32.2. The van der Waals surface area contributed by atoms with Crippen LogP contribution in [-0.2, 0) is 37.2 Å². The molecule has 0 radical (unpaired) electrons. The fraction of sp³-hybridized carbons (Fsp3) is 0.528. The maximum absolute atomic E-state index is 14.6. The van der Waals surface area contributed by atoms with E-state index in [-0.39, 0.29) is 25.3 Å². The van der Waals surface area contributed by atoms with Gasteiger partial charge in [-0.1, -0.05) is 39.0 Å². The number of aryl methyl sites for hydroxylation is 2. The van der Waals surface area contributed by atoms with E-state index < -0.39 is 62.1 Å². The second-order valence-electron chi connectivity index (χ2n) is 15.1. The zero-order chi connectivity index (χ0) is 35.4.